The van der Waals surface area contributed by atoms with Crippen molar-refractivity contribution in [3.05, 3.63) is 51.1 Å². The SMILES string of the molecule is Cc1cc(Br)ccc1Oc1nccc(C(=O)O)c1Cl. The molecule has 0 atom stereocenters. The highest BCUT2D eigenvalue weighted by atomic mass is 79.9. The Morgan fingerprint density at radius 2 is 2.16 bits per heavy atom. The van der Waals surface area contributed by atoms with Gasteiger partial charge in [-0.1, -0.05) is 27.5 Å². The largest absolute Gasteiger partial charge is 0.478 e. The van der Waals surface area contributed by atoms with Gasteiger partial charge in [0.25, 0.3) is 0 Å². The molecule has 6 heteroatoms. The molecule has 0 aliphatic heterocycles. The van der Waals surface area contributed by atoms with Crippen molar-refractivity contribution < 1.29 is 14.6 Å². The molecule has 0 fully saturated rings. The van der Waals surface area contributed by atoms with Crippen LogP contribution in [0, 0.1) is 6.92 Å². The number of aromatic nitrogens is 1. The predicted molar refractivity (Wildman–Crippen MR) is 75.2 cm³/mol. The molecule has 0 unspecified atom stereocenters. The smallest absolute Gasteiger partial charge is 0.337 e. The minimum atomic E-state index is -1.12. The Morgan fingerprint density at radius 3 is 2.79 bits per heavy atom. The number of pyridine rings is 1. The molecular weight excluding hydrogens is 334 g/mol. The Kier molecular flexibility index (Phi) is 4.07. The summed E-state index contributed by atoms with van der Waals surface area (Å²) in [5.74, 6) is -0.475. The topological polar surface area (TPSA) is 59.4 Å². The minimum absolute atomic E-state index is 0.0164. The molecule has 0 aliphatic rings. The molecule has 2 aromatic rings. The van der Waals surface area contributed by atoms with Crippen molar-refractivity contribution in [2.45, 2.75) is 6.92 Å². The zero-order chi connectivity index (χ0) is 14.0. The van der Waals surface area contributed by atoms with E-state index >= 15 is 0 Å². The lowest BCUT2D eigenvalue weighted by Crippen LogP contribution is -2.00. The van der Waals surface area contributed by atoms with E-state index in [1.807, 2.05) is 19.1 Å². The van der Waals surface area contributed by atoms with Crippen molar-refractivity contribution in [3.63, 3.8) is 0 Å². The molecule has 4 nitrogen and oxygen atoms in total. The van der Waals surface area contributed by atoms with Gasteiger partial charge in [-0.25, -0.2) is 9.78 Å². The molecule has 2 rings (SSSR count). The number of carboxylic acids is 1. The maximum Gasteiger partial charge on any atom is 0.337 e. The fourth-order valence-electron chi connectivity index (χ4n) is 1.49. The van der Waals surface area contributed by atoms with E-state index in [-0.39, 0.29) is 16.5 Å². The molecule has 0 aliphatic carbocycles. The van der Waals surface area contributed by atoms with E-state index in [9.17, 15) is 4.79 Å². The summed E-state index contributed by atoms with van der Waals surface area (Å²) in [6.45, 7) is 1.87. The molecule has 1 aromatic heterocycles. The van der Waals surface area contributed by atoms with Gasteiger partial charge >= 0.3 is 5.97 Å². The van der Waals surface area contributed by atoms with Gasteiger partial charge in [0.2, 0.25) is 5.88 Å². The number of ether oxygens (including phenoxy) is 1. The first-order valence-corrected chi connectivity index (χ1v) is 6.48. The number of rotatable bonds is 3. The molecule has 19 heavy (non-hydrogen) atoms. The molecule has 98 valence electrons. The average Bonchev–Trinajstić information content (AvgIpc) is 2.34. The van der Waals surface area contributed by atoms with Crippen molar-refractivity contribution in [3.8, 4) is 11.6 Å². The van der Waals surface area contributed by atoms with Gasteiger partial charge in [0.05, 0.1) is 5.56 Å². The maximum absolute atomic E-state index is 11.0. The fourth-order valence-corrected chi connectivity index (χ4v) is 2.20. The van der Waals surface area contributed by atoms with Crippen molar-refractivity contribution in [2.24, 2.45) is 0 Å². The third-order valence-corrected chi connectivity index (χ3v) is 3.29. The minimum Gasteiger partial charge on any atom is -0.478 e. The first-order chi connectivity index (χ1) is 8.99. The number of hydrogen-bond donors (Lipinski definition) is 1. The summed E-state index contributed by atoms with van der Waals surface area (Å²) in [7, 11) is 0. The fraction of sp³-hybridized carbons (Fsp3) is 0.0769. The normalized spacial score (nSPS) is 10.3. The second-order valence-electron chi connectivity index (χ2n) is 3.79. The van der Waals surface area contributed by atoms with E-state index < -0.39 is 5.97 Å². The van der Waals surface area contributed by atoms with E-state index in [4.69, 9.17) is 21.4 Å². The van der Waals surface area contributed by atoms with Crippen LogP contribution in [0.5, 0.6) is 11.6 Å². The van der Waals surface area contributed by atoms with Crippen LogP contribution in [0.1, 0.15) is 15.9 Å². The van der Waals surface area contributed by atoms with Crippen LogP contribution in [0.25, 0.3) is 0 Å². The number of hydrogen-bond acceptors (Lipinski definition) is 3. The summed E-state index contributed by atoms with van der Waals surface area (Å²) in [5, 5.41) is 8.96. The van der Waals surface area contributed by atoms with E-state index in [0.717, 1.165) is 10.0 Å². The quantitative estimate of drug-likeness (QED) is 0.903. The number of aromatic carboxylic acids is 1. The van der Waals surface area contributed by atoms with Crippen LogP contribution < -0.4 is 4.74 Å². The summed E-state index contributed by atoms with van der Waals surface area (Å²) >= 11 is 9.31. The second-order valence-corrected chi connectivity index (χ2v) is 5.09. The highest BCUT2D eigenvalue weighted by Crippen LogP contribution is 2.32. The molecule has 0 saturated heterocycles. The van der Waals surface area contributed by atoms with Crippen molar-refractivity contribution in [1.29, 1.82) is 0 Å². The van der Waals surface area contributed by atoms with Gasteiger partial charge in [-0.05, 0) is 36.8 Å². The number of aryl methyl sites for hydroxylation is 1. The van der Waals surface area contributed by atoms with Gasteiger partial charge in [0.1, 0.15) is 10.8 Å². The van der Waals surface area contributed by atoms with Crippen molar-refractivity contribution in [2.75, 3.05) is 0 Å². The lowest BCUT2D eigenvalue weighted by atomic mass is 10.2. The van der Waals surface area contributed by atoms with E-state index in [0.29, 0.717) is 5.75 Å². The first-order valence-electron chi connectivity index (χ1n) is 5.31. The summed E-state index contributed by atoms with van der Waals surface area (Å²) in [6.07, 6.45) is 1.35. The monoisotopic (exact) mass is 341 g/mol. The number of halogens is 2. The second kappa shape index (κ2) is 5.59. The molecule has 1 N–H and O–H groups in total. The average molecular weight is 343 g/mol. The Bertz CT molecular complexity index is 646. The lowest BCUT2D eigenvalue weighted by Gasteiger charge is -2.10. The predicted octanol–water partition coefficient (Wildman–Crippen LogP) is 4.30. The summed E-state index contributed by atoms with van der Waals surface area (Å²) in [5.41, 5.74) is 0.842. The van der Waals surface area contributed by atoms with E-state index in [1.54, 1.807) is 6.07 Å². The van der Waals surface area contributed by atoms with Crippen LogP contribution in [0.4, 0.5) is 0 Å². The van der Waals surface area contributed by atoms with Crippen LogP contribution >= 0.6 is 27.5 Å². The summed E-state index contributed by atoms with van der Waals surface area (Å²) in [6, 6.07) is 6.78. The molecule has 0 saturated carbocycles. The Morgan fingerprint density at radius 1 is 1.42 bits per heavy atom. The molecule has 0 radical (unpaired) electrons. The lowest BCUT2D eigenvalue weighted by molar-refractivity contribution is 0.0696. The molecule has 0 bridgehead atoms. The van der Waals surface area contributed by atoms with E-state index in [1.165, 1.54) is 12.3 Å². The first kappa shape index (κ1) is 13.8. The van der Waals surface area contributed by atoms with Crippen molar-refractivity contribution in [1.82, 2.24) is 4.98 Å². The number of carbonyl (C=O) groups is 1. The van der Waals surface area contributed by atoms with Crippen LogP contribution in [-0.2, 0) is 0 Å². The highest BCUT2D eigenvalue weighted by molar-refractivity contribution is 9.10. The standard InChI is InChI=1S/C13H9BrClNO3/c1-7-6-8(14)2-3-10(7)19-12-11(15)9(13(17)18)4-5-16-12/h2-6H,1H3,(H,17,18). The number of nitrogens with zero attached hydrogens (tertiary/aromatic N) is 1. The Labute approximate surface area is 123 Å². The molecule has 0 amide bonds. The highest BCUT2D eigenvalue weighted by Gasteiger charge is 2.15. The Balaban J connectivity index is 2.38. The van der Waals surface area contributed by atoms with Gasteiger partial charge in [-0.15, -0.1) is 0 Å². The molecular formula is C13H9BrClNO3. The zero-order valence-corrected chi connectivity index (χ0v) is 12.2. The molecule has 1 heterocycles. The van der Waals surface area contributed by atoms with Crippen molar-refractivity contribution >= 4 is 33.5 Å². The van der Waals surface area contributed by atoms with Crippen LogP contribution in [0.15, 0.2) is 34.9 Å². The van der Waals surface area contributed by atoms with Gasteiger partial charge in [-0.2, -0.15) is 0 Å². The summed E-state index contributed by atoms with van der Waals surface area (Å²) in [4.78, 5) is 14.9. The van der Waals surface area contributed by atoms with E-state index in [2.05, 4.69) is 20.9 Å². The molecule has 0 spiro atoms. The van der Waals surface area contributed by atoms with Gasteiger partial charge in [0, 0.05) is 10.7 Å². The zero-order valence-electron chi connectivity index (χ0n) is 9.85. The third kappa shape index (κ3) is 3.05. The van der Waals surface area contributed by atoms with Crippen LogP contribution in [0.2, 0.25) is 5.02 Å². The van der Waals surface area contributed by atoms with Gasteiger partial charge in [0.15, 0.2) is 0 Å². The maximum atomic E-state index is 11.0. The third-order valence-electron chi connectivity index (χ3n) is 2.43. The molecule has 1 aromatic carbocycles. The van der Waals surface area contributed by atoms with Gasteiger partial charge in [-0.3, -0.25) is 0 Å². The summed E-state index contributed by atoms with van der Waals surface area (Å²) < 4.78 is 6.49. The van der Waals surface area contributed by atoms with Gasteiger partial charge < -0.3 is 9.84 Å². The van der Waals surface area contributed by atoms with Crippen LogP contribution in [-0.4, -0.2) is 16.1 Å². The number of benzene rings is 1. The Hall–Kier alpha value is -1.59. The van der Waals surface area contributed by atoms with Crippen LogP contribution in [0.3, 0.4) is 0 Å². The number of carboxylic acid groups (broad SMARTS) is 1.